The molecule has 0 unspecified atom stereocenters. The molecular weight excluding hydrogens is 436 g/mol. The molecule has 0 bridgehead atoms. The van der Waals surface area contributed by atoms with Gasteiger partial charge in [-0.2, -0.15) is 0 Å². The number of fused-ring (bicyclic) bond motifs is 1. The number of hydrogen-bond acceptors (Lipinski definition) is 7. The van der Waals surface area contributed by atoms with E-state index in [0.29, 0.717) is 16.1 Å². The molecule has 23 heavy (non-hydrogen) atoms. The molecule has 0 saturated heterocycles. The van der Waals surface area contributed by atoms with Gasteiger partial charge in [0.05, 0.1) is 4.70 Å². The lowest BCUT2D eigenvalue weighted by atomic mass is 10.2. The summed E-state index contributed by atoms with van der Waals surface area (Å²) in [5.41, 5.74) is 6.75. The molecular formula is C14H12BrClN4S3. The van der Waals surface area contributed by atoms with Crippen LogP contribution in [0.3, 0.4) is 0 Å². The van der Waals surface area contributed by atoms with Crippen molar-refractivity contribution in [3.63, 3.8) is 0 Å². The first-order chi connectivity index (χ1) is 11.1. The third-order valence-corrected chi connectivity index (χ3v) is 6.85. The zero-order valence-corrected chi connectivity index (χ0v) is 16.8. The van der Waals surface area contributed by atoms with E-state index in [1.807, 2.05) is 11.6 Å². The number of nitrogens with two attached hydrogens (primary N) is 1. The molecule has 0 aliphatic carbocycles. The van der Waals surface area contributed by atoms with Gasteiger partial charge in [0, 0.05) is 32.8 Å². The lowest BCUT2D eigenvalue weighted by Crippen LogP contribution is -1.98. The van der Waals surface area contributed by atoms with Crippen molar-refractivity contribution in [3.8, 4) is 0 Å². The lowest BCUT2D eigenvalue weighted by Gasteiger charge is -2.05. The number of aryl methyl sites for hydroxylation is 1. The van der Waals surface area contributed by atoms with Crippen molar-refractivity contribution in [2.24, 2.45) is 0 Å². The van der Waals surface area contributed by atoms with Crippen LogP contribution in [-0.2, 0) is 6.42 Å². The summed E-state index contributed by atoms with van der Waals surface area (Å²) >= 11 is 14.5. The first kappa shape index (κ1) is 17.3. The molecule has 0 amide bonds. The Morgan fingerprint density at radius 1 is 1.30 bits per heavy atom. The smallest absolute Gasteiger partial charge is 0.190 e. The number of halogens is 2. The van der Waals surface area contributed by atoms with Crippen molar-refractivity contribution < 1.29 is 0 Å². The molecule has 0 aliphatic heterocycles. The van der Waals surface area contributed by atoms with Crippen molar-refractivity contribution >= 4 is 78.3 Å². The summed E-state index contributed by atoms with van der Waals surface area (Å²) in [5, 5.41) is 5.27. The first-order valence-corrected chi connectivity index (χ1v) is 10.9. The molecule has 0 atom stereocenters. The first-order valence-electron chi connectivity index (χ1n) is 6.60. The number of hydrogen-bond donors (Lipinski definition) is 1. The molecule has 0 saturated carbocycles. The average Bonchev–Trinajstić information content (AvgIpc) is 2.89. The standard InChI is InChI=1S/C14H12BrClN4S3/c1-21-11-5-10(17)19-14(20-11)22-3-2-7-4-8-9(15)6-23-12(8)13(16)18-7/h4-6H,2-3H2,1H3,(H2,17,19,20). The van der Waals surface area contributed by atoms with Gasteiger partial charge in [-0.25, -0.2) is 15.0 Å². The Hall–Kier alpha value is -0.540. The van der Waals surface area contributed by atoms with Gasteiger partial charge in [-0.15, -0.1) is 23.1 Å². The number of thioether (sulfide) groups is 2. The summed E-state index contributed by atoms with van der Waals surface area (Å²) in [7, 11) is 0. The van der Waals surface area contributed by atoms with Crippen LogP contribution >= 0.6 is 62.4 Å². The van der Waals surface area contributed by atoms with Gasteiger partial charge >= 0.3 is 0 Å². The van der Waals surface area contributed by atoms with Crippen LogP contribution in [0.1, 0.15) is 5.69 Å². The second-order valence-electron chi connectivity index (χ2n) is 4.58. The topological polar surface area (TPSA) is 64.7 Å². The fourth-order valence-electron chi connectivity index (χ4n) is 1.98. The fourth-order valence-corrected chi connectivity index (χ4v) is 5.14. The molecule has 0 radical (unpaired) electrons. The molecule has 0 aromatic carbocycles. The van der Waals surface area contributed by atoms with Crippen LogP contribution in [-0.4, -0.2) is 27.0 Å². The van der Waals surface area contributed by atoms with E-state index in [-0.39, 0.29) is 0 Å². The molecule has 0 fully saturated rings. The van der Waals surface area contributed by atoms with Crippen LogP contribution in [0.2, 0.25) is 5.15 Å². The molecule has 3 aromatic heterocycles. The molecule has 3 aromatic rings. The maximum Gasteiger partial charge on any atom is 0.190 e. The number of anilines is 1. The van der Waals surface area contributed by atoms with E-state index in [9.17, 15) is 0 Å². The van der Waals surface area contributed by atoms with Gasteiger partial charge in [0.1, 0.15) is 16.0 Å². The minimum Gasteiger partial charge on any atom is -0.384 e. The number of nitrogens with zero attached hydrogens (tertiary/aromatic N) is 3. The Balaban J connectivity index is 1.71. The van der Waals surface area contributed by atoms with Gasteiger partial charge < -0.3 is 5.73 Å². The quantitative estimate of drug-likeness (QED) is 0.253. The van der Waals surface area contributed by atoms with Crippen LogP contribution in [0, 0.1) is 0 Å². The number of nitrogen functional groups attached to an aromatic ring is 1. The summed E-state index contributed by atoms with van der Waals surface area (Å²) < 4.78 is 2.07. The van der Waals surface area contributed by atoms with Crippen molar-refractivity contribution in [1.82, 2.24) is 15.0 Å². The second-order valence-corrected chi connectivity index (χ2v) is 8.56. The maximum atomic E-state index is 6.26. The van der Waals surface area contributed by atoms with Crippen LogP contribution in [0.15, 0.2) is 32.2 Å². The Labute approximate surface area is 159 Å². The van der Waals surface area contributed by atoms with E-state index < -0.39 is 0 Å². The van der Waals surface area contributed by atoms with Crippen LogP contribution in [0.4, 0.5) is 5.82 Å². The monoisotopic (exact) mass is 446 g/mol. The largest absolute Gasteiger partial charge is 0.384 e. The molecule has 9 heteroatoms. The minimum atomic E-state index is 0.497. The molecule has 4 nitrogen and oxygen atoms in total. The number of thiophene rings is 1. The predicted octanol–water partition coefficient (Wildman–Crippen LogP) is 5.14. The predicted molar refractivity (Wildman–Crippen MR) is 105 cm³/mol. The minimum absolute atomic E-state index is 0.497. The van der Waals surface area contributed by atoms with Gasteiger partial charge in [-0.05, 0) is 34.7 Å². The average molecular weight is 448 g/mol. The Morgan fingerprint density at radius 2 is 2.13 bits per heavy atom. The summed E-state index contributed by atoms with van der Waals surface area (Å²) in [5.74, 6) is 1.31. The summed E-state index contributed by atoms with van der Waals surface area (Å²) in [6.45, 7) is 0. The second kappa shape index (κ2) is 7.57. The highest BCUT2D eigenvalue weighted by Gasteiger charge is 2.10. The van der Waals surface area contributed by atoms with Gasteiger partial charge in [-0.3, -0.25) is 0 Å². The van der Waals surface area contributed by atoms with Crippen molar-refractivity contribution in [2.45, 2.75) is 16.6 Å². The zero-order valence-electron chi connectivity index (χ0n) is 12.0. The molecule has 3 heterocycles. The van der Waals surface area contributed by atoms with E-state index in [0.717, 1.165) is 37.5 Å². The van der Waals surface area contributed by atoms with Gasteiger partial charge in [0.25, 0.3) is 0 Å². The Kier molecular flexibility index (Phi) is 5.69. The third-order valence-electron chi connectivity index (χ3n) is 3.02. The van der Waals surface area contributed by atoms with Crippen LogP contribution in [0.25, 0.3) is 10.1 Å². The van der Waals surface area contributed by atoms with E-state index in [1.165, 1.54) is 0 Å². The molecule has 2 N–H and O–H groups in total. The third kappa shape index (κ3) is 4.11. The highest BCUT2D eigenvalue weighted by atomic mass is 79.9. The highest BCUT2D eigenvalue weighted by molar-refractivity contribution is 9.10. The number of pyridine rings is 1. The van der Waals surface area contributed by atoms with Crippen LogP contribution < -0.4 is 5.73 Å². The summed E-state index contributed by atoms with van der Waals surface area (Å²) in [4.78, 5) is 13.2. The van der Waals surface area contributed by atoms with Crippen LogP contribution in [0.5, 0.6) is 0 Å². The van der Waals surface area contributed by atoms with E-state index in [2.05, 4.69) is 36.9 Å². The Morgan fingerprint density at radius 3 is 2.91 bits per heavy atom. The van der Waals surface area contributed by atoms with Gasteiger partial charge in [0.15, 0.2) is 5.16 Å². The SMILES string of the molecule is CSc1cc(N)nc(SCCc2cc3c(Br)csc3c(Cl)n2)n1. The summed E-state index contributed by atoms with van der Waals surface area (Å²) in [6.07, 6.45) is 2.76. The van der Waals surface area contributed by atoms with E-state index >= 15 is 0 Å². The van der Waals surface area contributed by atoms with Crippen molar-refractivity contribution in [1.29, 1.82) is 0 Å². The highest BCUT2D eigenvalue weighted by Crippen LogP contribution is 2.35. The molecule has 0 spiro atoms. The maximum absolute atomic E-state index is 6.26. The number of aromatic nitrogens is 3. The molecule has 0 aliphatic rings. The Bertz CT molecular complexity index is 855. The number of rotatable bonds is 5. The zero-order chi connectivity index (χ0) is 16.4. The molecule has 120 valence electrons. The van der Waals surface area contributed by atoms with Gasteiger partial charge in [0.2, 0.25) is 0 Å². The van der Waals surface area contributed by atoms with Crippen molar-refractivity contribution in [3.05, 3.63) is 32.8 Å². The van der Waals surface area contributed by atoms with E-state index in [4.69, 9.17) is 17.3 Å². The normalized spacial score (nSPS) is 11.3. The van der Waals surface area contributed by atoms with Crippen molar-refractivity contribution in [2.75, 3.05) is 17.7 Å². The van der Waals surface area contributed by atoms with E-state index in [1.54, 1.807) is 40.9 Å². The lowest BCUT2D eigenvalue weighted by molar-refractivity contribution is 0.898. The van der Waals surface area contributed by atoms with Gasteiger partial charge in [-0.1, -0.05) is 23.4 Å². The fraction of sp³-hybridized carbons (Fsp3) is 0.214. The summed E-state index contributed by atoms with van der Waals surface area (Å²) in [6, 6.07) is 3.86. The molecule has 3 rings (SSSR count).